The van der Waals surface area contributed by atoms with E-state index in [4.69, 9.17) is 0 Å². The van der Waals surface area contributed by atoms with Crippen molar-refractivity contribution in [2.75, 3.05) is 6.54 Å². The third-order valence-corrected chi connectivity index (χ3v) is 5.55. The van der Waals surface area contributed by atoms with Crippen molar-refractivity contribution in [1.82, 2.24) is 10.2 Å². The van der Waals surface area contributed by atoms with Gasteiger partial charge < -0.3 is 15.5 Å². The van der Waals surface area contributed by atoms with Gasteiger partial charge in [0.15, 0.2) is 0 Å². The number of benzene rings is 1. The van der Waals surface area contributed by atoms with Gasteiger partial charge in [0.2, 0.25) is 0 Å². The molecule has 0 aliphatic heterocycles. The minimum absolute atomic E-state index is 0.105. The van der Waals surface area contributed by atoms with Crippen LogP contribution in [0.2, 0.25) is 0 Å². The Labute approximate surface area is 157 Å². The fraction of sp³-hybridized carbons (Fsp3) is 0.667. The van der Waals surface area contributed by atoms with Gasteiger partial charge in [-0.25, -0.2) is 4.79 Å². The van der Waals surface area contributed by atoms with Gasteiger partial charge in [0.1, 0.15) is 0 Å². The van der Waals surface area contributed by atoms with E-state index in [0.717, 1.165) is 18.4 Å². The number of aliphatic hydroxyl groups is 1. The number of rotatable bonds is 8. The maximum atomic E-state index is 12.0. The molecule has 0 heterocycles. The number of amides is 1. The Morgan fingerprint density at radius 1 is 1.23 bits per heavy atom. The van der Waals surface area contributed by atoms with Crippen LogP contribution in [-0.4, -0.2) is 51.0 Å². The second-order valence-electron chi connectivity index (χ2n) is 8.84. The average Bonchev–Trinajstić information content (AvgIpc) is 3.32. The normalized spacial score (nSPS) is 18.4. The van der Waals surface area contributed by atoms with Gasteiger partial charge in [-0.2, -0.15) is 0 Å². The highest BCUT2D eigenvalue weighted by Crippen LogP contribution is 2.42. The van der Waals surface area contributed by atoms with Crippen molar-refractivity contribution in [2.24, 2.45) is 5.92 Å². The quantitative estimate of drug-likeness (QED) is 0.662. The molecule has 2 rings (SSSR count). The van der Waals surface area contributed by atoms with Crippen molar-refractivity contribution in [3.63, 3.8) is 0 Å². The summed E-state index contributed by atoms with van der Waals surface area (Å²) in [6, 6.07) is 9.27. The summed E-state index contributed by atoms with van der Waals surface area (Å²) in [5.74, 6) is 0.500. The zero-order valence-electron chi connectivity index (χ0n) is 16.7. The molecular weight excluding hydrogens is 328 g/mol. The smallest absolute Gasteiger partial charge is 0.408 e. The molecule has 0 saturated heterocycles. The molecule has 1 aromatic carbocycles. The van der Waals surface area contributed by atoms with Gasteiger partial charge in [0.05, 0.1) is 12.1 Å². The van der Waals surface area contributed by atoms with E-state index in [1.807, 2.05) is 51.1 Å². The van der Waals surface area contributed by atoms with E-state index in [0.29, 0.717) is 18.9 Å². The second kappa shape index (κ2) is 7.97. The maximum absolute atomic E-state index is 12.0. The van der Waals surface area contributed by atoms with Crippen molar-refractivity contribution in [3.05, 3.63) is 35.9 Å². The fourth-order valence-electron chi connectivity index (χ4n) is 3.72. The van der Waals surface area contributed by atoms with Gasteiger partial charge in [0.25, 0.3) is 0 Å². The minimum Gasteiger partial charge on any atom is -0.465 e. The van der Waals surface area contributed by atoms with Crippen LogP contribution < -0.4 is 5.32 Å². The number of hydrogen-bond acceptors (Lipinski definition) is 3. The molecule has 1 aromatic rings. The Bertz CT molecular complexity index is 591. The van der Waals surface area contributed by atoms with Crippen LogP contribution in [0.5, 0.6) is 0 Å². The SMILES string of the molecule is CC(C)C1(NC[C@@H](O)[C@H](Cc2ccccc2)N(C(=O)O)C(C)(C)C)CC1. The minimum atomic E-state index is -0.998. The molecule has 5 nitrogen and oxygen atoms in total. The van der Waals surface area contributed by atoms with E-state index in [1.165, 1.54) is 4.90 Å². The summed E-state index contributed by atoms with van der Waals surface area (Å²) in [6.07, 6.45) is 0.942. The van der Waals surface area contributed by atoms with E-state index in [1.54, 1.807) is 0 Å². The first-order valence-electron chi connectivity index (χ1n) is 9.56. The molecule has 146 valence electrons. The van der Waals surface area contributed by atoms with Gasteiger partial charge in [-0.15, -0.1) is 0 Å². The van der Waals surface area contributed by atoms with E-state index >= 15 is 0 Å². The molecule has 1 fully saturated rings. The molecule has 26 heavy (non-hydrogen) atoms. The Kier molecular flexibility index (Phi) is 6.35. The average molecular weight is 363 g/mol. The Morgan fingerprint density at radius 2 is 1.81 bits per heavy atom. The van der Waals surface area contributed by atoms with Crippen LogP contribution in [0, 0.1) is 5.92 Å². The molecule has 5 heteroatoms. The van der Waals surface area contributed by atoms with Crippen LogP contribution in [-0.2, 0) is 6.42 Å². The summed E-state index contributed by atoms with van der Waals surface area (Å²) >= 11 is 0. The van der Waals surface area contributed by atoms with Crippen molar-refractivity contribution in [2.45, 2.75) is 77.1 Å². The fourth-order valence-corrected chi connectivity index (χ4v) is 3.72. The summed E-state index contributed by atoms with van der Waals surface area (Å²) in [5, 5.41) is 24.3. The molecule has 0 spiro atoms. The number of β-amino-alcohol motifs (C(OH)–C–C–N with tert-alkyl or cyclic N) is 1. The number of aliphatic hydroxyl groups excluding tert-OH is 1. The molecule has 0 unspecified atom stereocenters. The first-order valence-corrected chi connectivity index (χ1v) is 9.56. The second-order valence-corrected chi connectivity index (χ2v) is 8.84. The standard InChI is InChI=1S/C21H34N2O3/c1-15(2)21(11-12-21)22-14-18(24)17(13-16-9-7-6-8-10-16)23(19(25)26)20(3,4)5/h6-10,15,17-18,22,24H,11-14H2,1-5H3,(H,25,26)/t17-,18+/m0/s1. The first kappa shape index (κ1) is 20.7. The Balaban J connectivity index is 2.19. The maximum Gasteiger partial charge on any atom is 0.408 e. The predicted molar refractivity (Wildman–Crippen MR) is 104 cm³/mol. The highest BCUT2D eigenvalue weighted by atomic mass is 16.4. The lowest BCUT2D eigenvalue weighted by atomic mass is 9.94. The van der Waals surface area contributed by atoms with Crippen LogP contribution in [0.1, 0.15) is 53.0 Å². The van der Waals surface area contributed by atoms with Crippen LogP contribution in [0.15, 0.2) is 30.3 Å². The Morgan fingerprint density at radius 3 is 2.23 bits per heavy atom. The molecule has 2 atom stereocenters. The zero-order chi connectivity index (χ0) is 19.5. The Hall–Kier alpha value is -1.59. The van der Waals surface area contributed by atoms with Crippen LogP contribution in [0.3, 0.4) is 0 Å². The molecule has 1 saturated carbocycles. The van der Waals surface area contributed by atoms with E-state index < -0.39 is 23.8 Å². The predicted octanol–water partition coefficient (Wildman–Crippen LogP) is 3.52. The van der Waals surface area contributed by atoms with Crippen LogP contribution in [0.4, 0.5) is 4.79 Å². The van der Waals surface area contributed by atoms with Gasteiger partial charge in [-0.1, -0.05) is 44.2 Å². The topological polar surface area (TPSA) is 72.8 Å². The van der Waals surface area contributed by atoms with Crippen molar-refractivity contribution in [3.8, 4) is 0 Å². The lowest BCUT2D eigenvalue weighted by molar-refractivity contribution is 0.00591. The van der Waals surface area contributed by atoms with Gasteiger partial charge in [-0.3, -0.25) is 4.90 Å². The number of nitrogens with one attached hydrogen (secondary N) is 1. The molecule has 1 amide bonds. The van der Waals surface area contributed by atoms with Crippen molar-refractivity contribution < 1.29 is 15.0 Å². The van der Waals surface area contributed by atoms with E-state index in [-0.39, 0.29) is 5.54 Å². The van der Waals surface area contributed by atoms with E-state index in [2.05, 4.69) is 19.2 Å². The summed E-state index contributed by atoms with van der Waals surface area (Å²) in [5.41, 5.74) is 0.535. The number of nitrogens with zero attached hydrogens (tertiary/aromatic N) is 1. The summed E-state index contributed by atoms with van der Waals surface area (Å²) < 4.78 is 0. The third-order valence-electron chi connectivity index (χ3n) is 5.55. The highest BCUT2D eigenvalue weighted by Gasteiger charge is 2.46. The number of carboxylic acid groups (broad SMARTS) is 1. The summed E-state index contributed by atoms with van der Waals surface area (Å²) in [7, 11) is 0. The lowest BCUT2D eigenvalue weighted by Gasteiger charge is -2.42. The molecule has 0 aromatic heterocycles. The largest absolute Gasteiger partial charge is 0.465 e. The van der Waals surface area contributed by atoms with Crippen LogP contribution in [0.25, 0.3) is 0 Å². The third kappa shape index (κ3) is 4.98. The molecular formula is C21H34N2O3. The zero-order valence-corrected chi connectivity index (χ0v) is 16.7. The van der Waals surface area contributed by atoms with Gasteiger partial charge in [-0.05, 0) is 51.5 Å². The summed E-state index contributed by atoms with van der Waals surface area (Å²) in [6.45, 7) is 10.4. The number of carbonyl (C=O) groups is 1. The molecule has 3 N–H and O–H groups in total. The molecule has 0 radical (unpaired) electrons. The highest BCUT2D eigenvalue weighted by molar-refractivity contribution is 5.66. The lowest BCUT2D eigenvalue weighted by Crippen LogP contribution is -2.58. The van der Waals surface area contributed by atoms with Gasteiger partial charge in [0, 0.05) is 17.6 Å². The number of hydrogen-bond donors (Lipinski definition) is 3. The summed E-state index contributed by atoms with van der Waals surface area (Å²) in [4.78, 5) is 13.4. The monoisotopic (exact) mass is 362 g/mol. The molecule has 1 aliphatic rings. The molecule has 1 aliphatic carbocycles. The first-order chi connectivity index (χ1) is 12.1. The van der Waals surface area contributed by atoms with E-state index in [9.17, 15) is 15.0 Å². The van der Waals surface area contributed by atoms with Crippen molar-refractivity contribution >= 4 is 6.09 Å². The van der Waals surface area contributed by atoms with Crippen molar-refractivity contribution in [1.29, 1.82) is 0 Å². The van der Waals surface area contributed by atoms with Gasteiger partial charge >= 0.3 is 6.09 Å². The van der Waals surface area contributed by atoms with Crippen LogP contribution >= 0.6 is 0 Å². The molecule has 0 bridgehead atoms.